The Morgan fingerprint density at radius 2 is 2.11 bits per heavy atom. The highest BCUT2D eigenvalue weighted by atomic mass is 16.6. The Balaban J connectivity index is 1.91. The molecule has 27 heavy (non-hydrogen) atoms. The van der Waals surface area contributed by atoms with Crippen molar-refractivity contribution in [3.05, 3.63) is 28.3 Å². The second-order valence-electron chi connectivity index (χ2n) is 5.71. The summed E-state index contributed by atoms with van der Waals surface area (Å²) in [6.45, 7) is -0.0817. The van der Waals surface area contributed by atoms with Crippen LogP contribution in [0.5, 0.6) is 0 Å². The number of rotatable bonds is 5. The number of nitrogens with zero attached hydrogens (tertiary/aromatic N) is 4. The largest absolute Gasteiger partial charge is 0.442 e. The highest BCUT2D eigenvalue weighted by Gasteiger charge is 2.33. The number of nitrogens with one attached hydrogen (secondary N) is 2. The fraction of sp³-hybridized carbons (Fsp3) is 0.333. The number of carbonyl (C=O) groups is 2. The first kappa shape index (κ1) is 18.3. The molecule has 1 aliphatic rings. The number of alkyl carbamates (subject to hydrolysis) is 1. The molecule has 142 valence electrons. The van der Waals surface area contributed by atoms with Gasteiger partial charge >= 0.3 is 6.09 Å². The zero-order chi connectivity index (χ0) is 19.6. The second-order valence-corrected chi connectivity index (χ2v) is 5.71. The number of nitro groups is 1. The van der Waals surface area contributed by atoms with Crippen LogP contribution in [0.1, 0.15) is 0 Å². The summed E-state index contributed by atoms with van der Waals surface area (Å²) in [7, 11) is 1.45. The van der Waals surface area contributed by atoms with Crippen LogP contribution in [0.25, 0.3) is 11.0 Å². The first-order chi connectivity index (χ1) is 12.9. The zero-order valence-corrected chi connectivity index (χ0v) is 14.2. The Kier molecular flexibility index (Phi) is 4.98. The molecule has 2 heterocycles. The van der Waals surface area contributed by atoms with Crippen molar-refractivity contribution in [2.24, 2.45) is 0 Å². The van der Waals surface area contributed by atoms with E-state index in [0.29, 0.717) is 24.4 Å². The molecule has 0 radical (unpaired) electrons. The molecule has 2 aromatic rings. The van der Waals surface area contributed by atoms with Gasteiger partial charge in [0.25, 0.3) is 11.6 Å². The number of amides is 2. The van der Waals surface area contributed by atoms with Gasteiger partial charge in [0.05, 0.1) is 29.0 Å². The average Bonchev–Trinajstić information content (AvgIpc) is 2.63. The number of anilines is 2. The summed E-state index contributed by atoms with van der Waals surface area (Å²) in [5.74, 6) is -0.329. The monoisotopic (exact) mass is 376 g/mol. The Hall–Kier alpha value is -3.54. The van der Waals surface area contributed by atoms with Crippen molar-refractivity contribution in [1.82, 2.24) is 15.3 Å². The van der Waals surface area contributed by atoms with Crippen LogP contribution < -0.4 is 15.5 Å². The van der Waals surface area contributed by atoms with Crippen LogP contribution in [0.3, 0.4) is 0 Å². The molecule has 0 bridgehead atoms. The molecule has 12 nitrogen and oxygen atoms in total. The number of non-ortho nitro benzene ring substituents is 1. The van der Waals surface area contributed by atoms with Crippen molar-refractivity contribution in [1.29, 1.82) is 0 Å². The maximum atomic E-state index is 11.6. The molecule has 0 atom stereocenters. The quantitative estimate of drug-likeness (QED) is 0.482. The summed E-state index contributed by atoms with van der Waals surface area (Å²) >= 11 is 0. The summed E-state index contributed by atoms with van der Waals surface area (Å²) in [5.41, 5.74) is 0.458. The molecule has 0 saturated carbocycles. The molecule has 1 fully saturated rings. The van der Waals surface area contributed by atoms with E-state index in [4.69, 9.17) is 9.84 Å². The third-order valence-electron chi connectivity index (χ3n) is 3.87. The number of aromatic nitrogens is 2. The van der Waals surface area contributed by atoms with Crippen molar-refractivity contribution in [2.45, 2.75) is 6.10 Å². The Morgan fingerprint density at radius 1 is 1.37 bits per heavy atom. The van der Waals surface area contributed by atoms with E-state index in [2.05, 4.69) is 20.6 Å². The number of nitro benzene ring substituents is 1. The molecule has 2 amide bonds. The lowest BCUT2D eigenvalue weighted by atomic mass is 10.1. The molecule has 1 saturated heterocycles. The number of fused-ring (bicyclic) bond motifs is 1. The second kappa shape index (κ2) is 7.37. The fourth-order valence-electron chi connectivity index (χ4n) is 2.52. The van der Waals surface area contributed by atoms with E-state index in [9.17, 15) is 19.7 Å². The predicted molar refractivity (Wildman–Crippen MR) is 93.4 cm³/mol. The minimum atomic E-state index is -0.753. The minimum Gasteiger partial charge on any atom is -0.442 e. The van der Waals surface area contributed by atoms with Gasteiger partial charge in [0.1, 0.15) is 12.7 Å². The van der Waals surface area contributed by atoms with E-state index in [1.165, 1.54) is 25.2 Å². The van der Waals surface area contributed by atoms with Gasteiger partial charge in [-0.15, -0.1) is 0 Å². The maximum Gasteiger partial charge on any atom is 0.407 e. The van der Waals surface area contributed by atoms with E-state index in [1.807, 2.05) is 0 Å². The SMILES string of the molecule is CNC(=O)OC1CN(c2nc3ccc([N+](=O)[O-])cc3nc2NC(=O)CO)C1. The summed E-state index contributed by atoms with van der Waals surface area (Å²) < 4.78 is 5.12. The average molecular weight is 376 g/mol. The van der Waals surface area contributed by atoms with E-state index in [1.54, 1.807) is 4.90 Å². The Labute approximate surface area is 152 Å². The summed E-state index contributed by atoms with van der Waals surface area (Å²) in [6.07, 6.45) is -0.897. The standard InChI is InChI=1S/C15H16N6O6/c1-16-15(24)27-9-5-20(6-9)14-13(19-12(23)7-22)17-11-4-8(21(25)26)2-3-10(11)18-14/h2-4,9,22H,5-7H2,1H3,(H,16,24)(H,17,19,23). The lowest BCUT2D eigenvalue weighted by Gasteiger charge is -2.39. The third-order valence-corrected chi connectivity index (χ3v) is 3.87. The Bertz CT molecular complexity index is 913. The van der Waals surface area contributed by atoms with Crippen molar-refractivity contribution in [2.75, 3.05) is 37.0 Å². The van der Waals surface area contributed by atoms with Crippen molar-refractivity contribution >= 4 is 40.4 Å². The lowest BCUT2D eigenvalue weighted by molar-refractivity contribution is -0.384. The van der Waals surface area contributed by atoms with Crippen molar-refractivity contribution in [3.63, 3.8) is 0 Å². The van der Waals surface area contributed by atoms with Gasteiger partial charge in [0.2, 0.25) is 0 Å². The molecule has 3 rings (SSSR count). The molecule has 0 unspecified atom stereocenters. The third kappa shape index (κ3) is 3.84. The van der Waals surface area contributed by atoms with Gasteiger partial charge in [-0.05, 0) is 6.07 Å². The number of aliphatic hydroxyl groups excluding tert-OH is 1. The van der Waals surface area contributed by atoms with Gasteiger partial charge in [0, 0.05) is 19.2 Å². The minimum absolute atomic E-state index is 0.0560. The van der Waals surface area contributed by atoms with Gasteiger partial charge in [0.15, 0.2) is 11.6 Å². The van der Waals surface area contributed by atoms with Crippen LogP contribution in [0.4, 0.5) is 22.1 Å². The predicted octanol–water partition coefficient (Wildman–Crippen LogP) is 0.0134. The van der Waals surface area contributed by atoms with E-state index < -0.39 is 23.5 Å². The summed E-state index contributed by atoms with van der Waals surface area (Å²) in [6, 6.07) is 4.01. The highest BCUT2D eigenvalue weighted by Crippen LogP contribution is 2.30. The molecule has 0 spiro atoms. The van der Waals surface area contributed by atoms with Gasteiger partial charge in [-0.3, -0.25) is 14.9 Å². The number of ether oxygens (including phenoxy) is 1. The Morgan fingerprint density at radius 3 is 2.74 bits per heavy atom. The number of hydrogen-bond acceptors (Lipinski definition) is 9. The van der Waals surface area contributed by atoms with Gasteiger partial charge in [-0.25, -0.2) is 14.8 Å². The molecule has 12 heteroatoms. The van der Waals surface area contributed by atoms with Gasteiger partial charge < -0.3 is 25.4 Å². The molecule has 1 aliphatic heterocycles. The summed E-state index contributed by atoms with van der Waals surface area (Å²) in [4.78, 5) is 43.6. The van der Waals surface area contributed by atoms with E-state index in [-0.39, 0.29) is 23.1 Å². The molecular formula is C15H16N6O6. The van der Waals surface area contributed by atoms with Crippen LogP contribution >= 0.6 is 0 Å². The molecule has 3 N–H and O–H groups in total. The van der Waals surface area contributed by atoms with Crippen LogP contribution in [0.2, 0.25) is 0 Å². The topological polar surface area (TPSA) is 160 Å². The summed E-state index contributed by atoms with van der Waals surface area (Å²) in [5, 5.41) is 24.7. The van der Waals surface area contributed by atoms with Crippen molar-refractivity contribution in [3.8, 4) is 0 Å². The van der Waals surface area contributed by atoms with Gasteiger partial charge in [-0.1, -0.05) is 0 Å². The van der Waals surface area contributed by atoms with E-state index in [0.717, 1.165) is 0 Å². The maximum absolute atomic E-state index is 11.6. The van der Waals surface area contributed by atoms with E-state index >= 15 is 0 Å². The first-order valence-corrected chi connectivity index (χ1v) is 7.91. The highest BCUT2D eigenvalue weighted by molar-refractivity contribution is 5.95. The number of hydrogen-bond donors (Lipinski definition) is 3. The van der Waals surface area contributed by atoms with Gasteiger partial charge in [-0.2, -0.15) is 0 Å². The smallest absolute Gasteiger partial charge is 0.407 e. The molecular weight excluding hydrogens is 360 g/mol. The van der Waals surface area contributed by atoms with Crippen LogP contribution in [0.15, 0.2) is 18.2 Å². The van der Waals surface area contributed by atoms with Crippen LogP contribution in [-0.2, 0) is 9.53 Å². The normalized spacial score (nSPS) is 13.8. The lowest BCUT2D eigenvalue weighted by Crippen LogP contribution is -2.54. The number of carbonyl (C=O) groups excluding carboxylic acids is 2. The van der Waals surface area contributed by atoms with Crippen LogP contribution in [-0.4, -0.2) is 64.8 Å². The first-order valence-electron chi connectivity index (χ1n) is 7.91. The van der Waals surface area contributed by atoms with Crippen LogP contribution in [0, 0.1) is 10.1 Å². The fourth-order valence-corrected chi connectivity index (χ4v) is 2.52. The number of benzene rings is 1. The van der Waals surface area contributed by atoms with Crippen molar-refractivity contribution < 1.29 is 24.4 Å². The molecule has 1 aromatic carbocycles. The number of aliphatic hydroxyl groups is 1. The zero-order valence-electron chi connectivity index (χ0n) is 14.2. The molecule has 1 aromatic heterocycles. The molecule has 0 aliphatic carbocycles.